The van der Waals surface area contributed by atoms with Crippen LogP contribution in [0.1, 0.15) is 6.92 Å². The summed E-state index contributed by atoms with van der Waals surface area (Å²) in [6, 6.07) is 6.28. The summed E-state index contributed by atoms with van der Waals surface area (Å²) >= 11 is 0. The van der Waals surface area contributed by atoms with Gasteiger partial charge in [-0.3, -0.25) is 0 Å². The first-order valence-electron chi connectivity index (χ1n) is 4.65. The molecule has 8 heteroatoms. The molecule has 0 N–H and O–H groups in total. The fraction of sp³-hybridized carbons (Fsp3) is 0.333. The minimum atomic E-state index is -4.18. The number of ether oxygens (including phenoxy) is 1. The van der Waals surface area contributed by atoms with Crippen LogP contribution in [0.3, 0.4) is 0 Å². The molecule has 17 heavy (non-hydrogen) atoms. The molecule has 0 aromatic heterocycles. The van der Waals surface area contributed by atoms with Gasteiger partial charge >= 0.3 is 9.24 Å². The molecule has 0 saturated carbocycles. The average Bonchev–Trinajstić information content (AvgIpc) is 2.27. The lowest BCUT2D eigenvalue weighted by Gasteiger charge is -2.08. The van der Waals surface area contributed by atoms with E-state index in [1.54, 1.807) is 19.1 Å². The van der Waals surface area contributed by atoms with E-state index in [0.717, 1.165) is 0 Å². The van der Waals surface area contributed by atoms with Gasteiger partial charge in [0, 0.05) is 16.4 Å². The largest absolute Gasteiger partial charge is 0.497 e. The van der Waals surface area contributed by atoms with Crippen molar-refractivity contribution in [2.24, 2.45) is 3.77 Å². The fourth-order valence-corrected chi connectivity index (χ4v) is 4.87. The third kappa shape index (κ3) is 3.86. The molecule has 5 nitrogen and oxygen atoms in total. The smallest absolute Gasteiger partial charge is 0.347 e. The van der Waals surface area contributed by atoms with Gasteiger partial charge in [-0.2, -0.15) is 8.42 Å². The van der Waals surface area contributed by atoms with Gasteiger partial charge in [-0.1, -0.05) is 16.8 Å². The second-order valence-electron chi connectivity index (χ2n) is 3.09. The quantitative estimate of drug-likeness (QED) is 0.797. The van der Waals surface area contributed by atoms with E-state index in [1.807, 2.05) is 0 Å². The van der Waals surface area contributed by atoms with Crippen molar-refractivity contribution in [3.63, 3.8) is 0 Å². The van der Waals surface area contributed by atoms with Crippen molar-refractivity contribution < 1.29 is 17.4 Å². The van der Waals surface area contributed by atoms with Crippen molar-refractivity contribution in [2.45, 2.75) is 11.8 Å². The van der Waals surface area contributed by atoms with E-state index in [-0.39, 0.29) is 10.6 Å². The molecule has 0 aliphatic rings. The summed E-state index contributed by atoms with van der Waals surface area (Å²) in [6.07, 6.45) is 0. The average molecular weight is 298 g/mol. The van der Waals surface area contributed by atoms with Crippen molar-refractivity contribution in [2.75, 3.05) is 12.9 Å². The summed E-state index contributed by atoms with van der Waals surface area (Å²) in [5.41, 5.74) is 0. The molecular formula is C9H12ClNO4S2. The van der Waals surface area contributed by atoms with Gasteiger partial charge in [0.2, 0.25) is 0 Å². The Kier molecular flexibility index (Phi) is 4.40. The van der Waals surface area contributed by atoms with Crippen LogP contribution in [-0.4, -0.2) is 25.5 Å². The van der Waals surface area contributed by atoms with Crippen LogP contribution in [0.25, 0.3) is 0 Å². The zero-order valence-corrected chi connectivity index (χ0v) is 11.7. The molecule has 1 rings (SSSR count). The van der Waals surface area contributed by atoms with Gasteiger partial charge in [0.15, 0.2) is 0 Å². The standard InChI is InChI=1S/C9H12ClNO4S2/c1-3-16(12,11-17(10,13)14)9-6-4-5-8(7-9)15-2/h4-7H,3H2,1-2H3. The third-order valence-electron chi connectivity index (χ3n) is 2.01. The number of benzene rings is 1. The van der Waals surface area contributed by atoms with E-state index in [0.29, 0.717) is 5.75 Å². The third-order valence-corrected chi connectivity index (χ3v) is 5.97. The molecule has 0 amide bonds. The van der Waals surface area contributed by atoms with Crippen LogP contribution in [0.5, 0.6) is 5.75 Å². The number of hydrogen-bond donors (Lipinski definition) is 0. The molecule has 0 fully saturated rings. The Morgan fingerprint density at radius 2 is 2.00 bits per heavy atom. The van der Waals surface area contributed by atoms with Crippen molar-refractivity contribution in [1.29, 1.82) is 0 Å². The van der Waals surface area contributed by atoms with Gasteiger partial charge in [0.25, 0.3) is 0 Å². The maximum atomic E-state index is 12.4. The molecule has 96 valence electrons. The Bertz CT molecular complexity index is 618. The first kappa shape index (κ1) is 14.3. The van der Waals surface area contributed by atoms with Crippen molar-refractivity contribution in [3.05, 3.63) is 24.3 Å². The Balaban J connectivity index is 3.46. The molecule has 0 saturated heterocycles. The van der Waals surface area contributed by atoms with Crippen LogP contribution < -0.4 is 4.74 Å². The Morgan fingerprint density at radius 3 is 2.47 bits per heavy atom. The maximum absolute atomic E-state index is 12.4. The first-order chi connectivity index (χ1) is 7.80. The molecule has 1 aromatic rings. The van der Waals surface area contributed by atoms with Crippen molar-refractivity contribution in [1.82, 2.24) is 0 Å². The summed E-state index contributed by atoms with van der Waals surface area (Å²) in [7, 11) is -0.776. The number of methoxy groups -OCH3 is 1. The number of rotatable bonds is 4. The Morgan fingerprint density at radius 1 is 1.35 bits per heavy atom. The van der Waals surface area contributed by atoms with E-state index >= 15 is 0 Å². The normalized spacial score (nSPS) is 15.0. The lowest BCUT2D eigenvalue weighted by molar-refractivity contribution is 0.413. The highest BCUT2D eigenvalue weighted by molar-refractivity contribution is 8.17. The SMILES string of the molecule is CCS(=O)(=NS(=O)(=O)Cl)c1cccc(OC)c1. The summed E-state index contributed by atoms with van der Waals surface area (Å²) in [5, 5.41) is 0. The number of nitrogens with zero attached hydrogens (tertiary/aromatic N) is 1. The molecule has 0 aliphatic carbocycles. The molecule has 1 atom stereocenters. The number of hydrogen-bond acceptors (Lipinski definition) is 4. The number of halogens is 1. The lowest BCUT2D eigenvalue weighted by Crippen LogP contribution is -2.06. The summed E-state index contributed by atoms with van der Waals surface area (Å²) in [6.45, 7) is 1.58. The van der Waals surface area contributed by atoms with Crippen LogP contribution >= 0.6 is 10.7 Å². The molecule has 0 aliphatic heterocycles. The molecular weight excluding hydrogens is 286 g/mol. The minimum Gasteiger partial charge on any atom is -0.497 e. The zero-order chi connectivity index (χ0) is 13.1. The summed E-state index contributed by atoms with van der Waals surface area (Å²) < 4.78 is 42.4. The van der Waals surface area contributed by atoms with E-state index in [2.05, 4.69) is 3.77 Å². The molecule has 1 aromatic carbocycles. The van der Waals surface area contributed by atoms with Crippen LogP contribution in [0, 0.1) is 0 Å². The van der Waals surface area contributed by atoms with Crippen LogP contribution in [0.2, 0.25) is 0 Å². The van der Waals surface area contributed by atoms with Crippen LogP contribution in [0.15, 0.2) is 32.9 Å². The Labute approximate surface area is 105 Å². The zero-order valence-electron chi connectivity index (χ0n) is 9.29. The molecule has 0 radical (unpaired) electrons. The van der Waals surface area contributed by atoms with Gasteiger partial charge in [0.1, 0.15) is 5.75 Å². The minimum absolute atomic E-state index is 0.0477. The van der Waals surface area contributed by atoms with E-state index in [4.69, 9.17) is 15.4 Å². The summed E-state index contributed by atoms with van der Waals surface area (Å²) in [4.78, 5) is 0.281. The predicted molar refractivity (Wildman–Crippen MR) is 67.1 cm³/mol. The molecule has 0 heterocycles. The van der Waals surface area contributed by atoms with Crippen LogP contribution in [0.4, 0.5) is 0 Å². The van der Waals surface area contributed by atoms with Crippen LogP contribution in [-0.2, 0) is 19.0 Å². The maximum Gasteiger partial charge on any atom is 0.347 e. The van der Waals surface area contributed by atoms with Gasteiger partial charge in [0.05, 0.1) is 21.7 Å². The second kappa shape index (κ2) is 5.24. The first-order valence-corrected chi connectivity index (χ1v) is 8.60. The van der Waals surface area contributed by atoms with Gasteiger partial charge in [-0.15, -0.1) is 0 Å². The van der Waals surface area contributed by atoms with E-state index < -0.39 is 19.0 Å². The van der Waals surface area contributed by atoms with Gasteiger partial charge in [-0.05, 0) is 18.2 Å². The highest BCUT2D eigenvalue weighted by Crippen LogP contribution is 2.21. The second-order valence-corrected chi connectivity index (χ2v) is 8.01. The lowest BCUT2D eigenvalue weighted by atomic mass is 10.3. The van der Waals surface area contributed by atoms with Gasteiger partial charge < -0.3 is 4.74 Å². The molecule has 1 unspecified atom stereocenters. The molecule has 0 bridgehead atoms. The molecule has 0 spiro atoms. The highest BCUT2D eigenvalue weighted by atomic mass is 35.7. The van der Waals surface area contributed by atoms with Crippen molar-refractivity contribution >= 4 is 29.6 Å². The monoisotopic (exact) mass is 297 g/mol. The highest BCUT2D eigenvalue weighted by Gasteiger charge is 2.15. The Hall–Kier alpha value is -0.790. The summed E-state index contributed by atoms with van der Waals surface area (Å²) in [5.74, 6) is 0.525. The topological polar surface area (TPSA) is 72.8 Å². The van der Waals surface area contributed by atoms with E-state index in [9.17, 15) is 12.6 Å². The fourth-order valence-electron chi connectivity index (χ4n) is 1.21. The van der Waals surface area contributed by atoms with E-state index in [1.165, 1.54) is 19.2 Å². The predicted octanol–water partition coefficient (Wildman–Crippen LogP) is 2.03. The van der Waals surface area contributed by atoms with Crippen molar-refractivity contribution in [3.8, 4) is 5.75 Å². The van der Waals surface area contributed by atoms with Gasteiger partial charge in [-0.25, -0.2) is 4.21 Å².